The normalized spacial score (nSPS) is 30.4. The number of nitrogens with one attached hydrogen (secondary N) is 1. The highest BCUT2D eigenvalue weighted by atomic mass is 16.2. The maximum absolute atomic E-state index is 12.4. The Hall–Kier alpha value is -0.570. The molecule has 0 aromatic heterocycles. The van der Waals surface area contributed by atoms with Gasteiger partial charge in [0, 0.05) is 19.0 Å². The fourth-order valence-electron chi connectivity index (χ4n) is 3.31. The molecular formula is C15H28N2O. The molecule has 1 N–H and O–H groups in total. The summed E-state index contributed by atoms with van der Waals surface area (Å²) in [7, 11) is 0. The number of nitrogens with zero attached hydrogens (tertiary/aromatic N) is 1. The monoisotopic (exact) mass is 252 g/mol. The van der Waals surface area contributed by atoms with E-state index in [1.807, 2.05) is 0 Å². The van der Waals surface area contributed by atoms with Crippen molar-refractivity contribution in [1.82, 2.24) is 10.2 Å². The third-order valence-corrected chi connectivity index (χ3v) is 4.80. The molecule has 104 valence electrons. The van der Waals surface area contributed by atoms with E-state index in [0.717, 1.165) is 32.0 Å². The van der Waals surface area contributed by atoms with Crippen LogP contribution in [0.3, 0.4) is 0 Å². The molecule has 3 heteroatoms. The van der Waals surface area contributed by atoms with Gasteiger partial charge in [-0.25, -0.2) is 0 Å². The van der Waals surface area contributed by atoms with E-state index in [1.54, 1.807) is 0 Å². The highest BCUT2D eigenvalue weighted by molar-refractivity contribution is 5.76. The second-order valence-corrected chi connectivity index (χ2v) is 6.14. The first-order valence-electron chi connectivity index (χ1n) is 7.71. The Morgan fingerprint density at radius 1 is 1.17 bits per heavy atom. The van der Waals surface area contributed by atoms with Gasteiger partial charge in [-0.2, -0.15) is 0 Å². The van der Waals surface area contributed by atoms with E-state index in [-0.39, 0.29) is 0 Å². The van der Waals surface area contributed by atoms with Gasteiger partial charge >= 0.3 is 0 Å². The van der Waals surface area contributed by atoms with Gasteiger partial charge in [0.1, 0.15) is 0 Å². The molecule has 2 unspecified atom stereocenters. The van der Waals surface area contributed by atoms with Crippen LogP contribution in [-0.4, -0.2) is 36.5 Å². The lowest BCUT2D eigenvalue weighted by atomic mass is 9.89. The predicted octanol–water partition coefficient (Wildman–Crippen LogP) is 2.41. The number of hydrogen-bond acceptors (Lipinski definition) is 2. The molecule has 0 saturated carbocycles. The molecule has 0 radical (unpaired) electrons. The molecule has 1 amide bonds. The van der Waals surface area contributed by atoms with Crippen LogP contribution in [0.5, 0.6) is 0 Å². The summed E-state index contributed by atoms with van der Waals surface area (Å²) in [6, 6.07) is 0.460. The molecule has 2 rings (SSSR count). The van der Waals surface area contributed by atoms with E-state index in [9.17, 15) is 4.79 Å². The second-order valence-electron chi connectivity index (χ2n) is 6.14. The van der Waals surface area contributed by atoms with E-state index < -0.39 is 0 Å². The number of rotatable bonds is 3. The second kappa shape index (κ2) is 6.55. The van der Waals surface area contributed by atoms with Crippen LogP contribution in [0, 0.1) is 11.8 Å². The van der Waals surface area contributed by atoms with Crippen LogP contribution in [0.1, 0.15) is 52.4 Å². The zero-order valence-electron chi connectivity index (χ0n) is 12.0. The zero-order valence-corrected chi connectivity index (χ0v) is 12.0. The average Bonchev–Trinajstić information content (AvgIpc) is 2.40. The maximum atomic E-state index is 12.4. The SMILES string of the molecule is CCC1CCC(C)N(C(=O)CC2CCNCC2)C1. The lowest BCUT2D eigenvalue weighted by molar-refractivity contribution is -0.136. The van der Waals surface area contributed by atoms with Crippen molar-refractivity contribution in [2.75, 3.05) is 19.6 Å². The Balaban J connectivity index is 1.85. The molecule has 0 aromatic rings. The molecule has 2 heterocycles. The van der Waals surface area contributed by atoms with Crippen LogP contribution < -0.4 is 5.32 Å². The largest absolute Gasteiger partial charge is 0.340 e. The van der Waals surface area contributed by atoms with Gasteiger partial charge in [0.2, 0.25) is 5.91 Å². The molecule has 2 atom stereocenters. The summed E-state index contributed by atoms with van der Waals surface area (Å²) in [6.07, 6.45) is 6.83. The Kier molecular flexibility index (Phi) is 5.04. The van der Waals surface area contributed by atoms with E-state index in [1.165, 1.54) is 32.1 Å². The molecule has 18 heavy (non-hydrogen) atoms. The van der Waals surface area contributed by atoms with Gasteiger partial charge in [0.05, 0.1) is 0 Å². The standard InChI is InChI=1S/C15H28N2O/c1-3-13-5-4-12(2)17(11-13)15(18)10-14-6-8-16-9-7-14/h12-14,16H,3-11H2,1-2H3. The Morgan fingerprint density at radius 2 is 1.89 bits per heavy atom. The van der Waals surface area contributed by atoms with E-state index in [0.29, 0.717) is 17.9 Å². The van der Waals surface area contributed by atoms with Gasteiger partial charge in [-0.05, 0) is 57.5 Å². The van der Waals surface area contributed by atoms with Crippen LogP contribution in [0.25, 0.3) is 0 Å². The Labute approximate surface area is 111 Å². The number of hydrogen-bond donors (Lipinski definition) is 1. The quantitative estimate of drug-likeness (QED) is 0.836. The fraction of sp³-hybridized carbons (Fsp3) is 0.933. The summed E-state index contributed by atoms with van der Waals surface area (Å²) >= 11 is 0. The number of amides is 1. The van der Waals surface area contributed by atoms with Gasteiger partial charge in [0.15, 0.2) is 0 Å². The number of carbonyl (C=O) groups excluding carboxylic acids is 1. The van der Waals surface area contributed by atoms with Crippen molar-refractivity contribution >= 4 is 5.91 Å². The van der Waals surface area contributed by atoms with Crippen LogP contribution in [-0.2, 0) is 4.79 Å². The van der Waals surface area contributed by atoms with Crippen molar-refractivity contribution < 1.29 is 4.79 Å². The molecule has 0 bridgehead atoms. The first-order valence-corrected chi connectivity index (χ1v) is 7.71. The summed E-state index contributed by atoms with van der Waals surface area (Å²) in [4.78, 5) is 14.6. The average molecular weight is 252 g/mol. The first-order chi connectivity index (χ1) is 8.70. The van der Waals surface area contributed by atoms with Crippen molar-refractivity contribution in [2.45, 2.75) is 58.4 Å². The zero-order chi connectivity index (χ0) is 13.0. The van der Waals surface area contributed by atoms with Crippen molar-refractivity contribution in [2.24, 2.45) is 11.8 Å². The minimum Gasteiger partial charge on any atom is -0.340 e. The van der Waals surface area contributed by atoms with E-state index in [2.05, 4.69) is 24.1 Å². The van der Waals surface area contributed by atoms with Gasteiger partial charge in [-0.3, -0.25) is 4.79 Å². The van der Waals surface area contributed by atoms with Gasteiger partial charge in [-0.15, -0.1) is 0 Å². The Morgan fingerprint density at radius 3 is 2.56 bits per heavy atom. The van der Waals surface area contributed by atoms with Gasteiger partial charge < -0.3 is 10.2 Å². The highest BCUT2D eigenvalue weighted by Crippen LogP contribution is 2.26. The summed E-state index contributed by atoms with van der Waals surface area (Å²) in [6.45, 7) is 7.64. The highest BCUT2D eigenvalue weighted by Gasteiger charge is 2.29. The minimum absolute atomic E-state index is 0.410. The third kappa shape index (κ3) is 3.47. The predicted molar refractivity (Wildman–Crippen MR) is 74.4 cm³/mol. The first kappa shape index (κ1) is 13.9. The van der Waals surface area contributed by atoms with Crippen molar-refractivity contribution in [3.8, 4) is 0 Å². The molecule has 2 fully saturated rings. The van der Waals surface area contributed by atoms with Crippen LogP contribution in [0.15, 0.2) is 0 Å². The van der Waals surface area contributed by atoms with E-state index in [4.69, 9.17) is 0 Å². The number of carbonyl (C=O) groups is 1. The fourth-order valence-corrected chi connectivity index (χ4v) is 3.31. The summed E-state index contributed by atoms with van der Waals surface area (Å²) in [5, 5.41) is 3.37. The van der Waals surface area contributed by atoms with Crippen LogP contribution in [0.4, 0.5) is 0 Å². The molecule has 0 aromatic carbocycles. The van der Waals surface area contributed by atoms with Crippen molar-refractivity contribution in [1.29, 1.82) is 0 Å². The number of piperidine rings is 2. The lowest BCUT2D eigenvalue weighted by Crippen LogP contribution is -2.46. The van der Waals surface area contributed by atoms with Crippen LogP contribution >= 0.6 is 0 Å². The molecule has 0 aliphatic carbocycles. The summed E-state index contributed by atoms with van der Waals surface area (Å²) in [5.41, 5.74) is 0. The van der Waals surface area contributed by atoms with Crippen molar-refractivity contribution in [3.63, 3.8) is 0 Å². The summed E-state index contributed by atoms with van der Waals surface area (Å²) in [5.74, 6) is 1.76. The van der Waals surface area contributed by atoms with Gasteiger partial charge in [-0.1, -0.05) is 13.3 Å². The molecule has 3 nitrogen and oxygen atoms in total. The third-order valence-electron chi connectivity index (χ3n) is 4.80. The van der Waals surface area contributed by atoms with Crippen molar-refractivity contribution in [3.05, 3.63) is 0 Å². The number of likely N-dealkylation sites (tertiary alicyclic amines) is 1. The topological polar surface area (TPSA) is 32.3 Å². The molecular weight excluding hydrogens is 224 g/mol. The summed E-state index contributed by atoms with van der Waals surface area (Å²) < 4.78 is 0. The Bertz CT molecular complexity index is 274. The molecule has 0 spiro atoms. The maximum Gasteiger partial charge on any atom is 0.223 e. The molecule has 2 aliphatic heterocycles. The van der Waals surface area contributed by atoms with E-state index >= 15 is 0 Å². The smallest absolute Gasteiger partial charge is 0.223 e. The molecule has 2 saturated heterocycles. The van der Waals surface area contributed by atoms with Crippen LogP contribution in [0.2, 0.25) is 0 Å². The molecule has 2 aliphatic rings. The minimum atomic E-state index is 0.410. The lowest BCUT2D eigenvalue weighted by Gasteiger charge is -2.38. The van der Waals surface area contributed by atoms with Gasteiger partial charge in [0.25, 0.3) is 0 Å².